The lowest BCUT2D eigenvalue weighted by Gasteiger charge is -2.09. The highest BCUT2D eigenvalue weighted by molar-refractivity contribution is 14.1. The summed E-state index contributed by atoms with van der Waals surface area (Å²) in [5.41, 5.74) is 4.30. The summed E-state index contributed by atoms with van der Waals surface area (Å²) in [6, 6.07) is 3.81. The number of nitrogens with two attached hydrogens (primary N) is 1. The van der Waals surface area contributed by atoms with Crippen LogP contribution in [0.1, 0.15) is 10.4 Å². The van der Waals surface area contributed by atoms with Crippen LogP contribution < -0.4 is 16.0 Å². The van der Waals surface area contributed by atoms with E-state index in [9.17, 15) is 14.0 Å². The van der Waals surface area contributed by atoms with Crippen LogP contribution in [-0.2, 0) is 0 Å². The molecule has 1 aromatic carbocycles. The number of primary amides is 1. The summed E-state index contributed by atoms with van der Waals surface area (Å²) in [4.78, 5) is 28.7. The van der Waals surface area contributed by atoms with Gasteiger partial charge in [-0.05, 0) is 34.7 Å². The number of nitrogens with one attached hydrogen (secondary N) is 1. The second-order valence-electron chi connectivity index (χ2n) is 3.43. The third-order valence-corrected chi connectivity index (χ3v) is 3.14. The molecule has 0 saturated carbocycles. The number of carbonyl (C=O) groups is 1. The van der Waals surface area contributed by atoms with E-state index in [-0.39, 0.29) is 20.8 Å². The van der Waals surface area contributed by atoms with Gasteiger partial charge in [0, 0.05) is 0 Å². The predicted molar refractivity (Wildman–Crippen MR) is 72.6 cm³/mol. The maximum atomic E-state index is 13.5. The monoisotopic (exact) mass is 375 g/mol. The molecular formula is C11H7FIN3O3. The van der Waals surface area contributed by atoms with E-state index in [1.807, 2.05) is 0 Å². The molecule has 0 fully saturated rings. The lowest BCUT2D eigenvalue weighted by Crippen LogP contribution is -2.16. The number of carbonyl (C=O) groups excluding carboxylic acids is 1. The fraction of sp³-hybridized carbons (Fsp3) is 0. The average Bonchev–Trinajstić information content (AvgIpc) is 2.34. The van der Waals surface area contributed by atoms with Crippen LogP contribution in [0.5, 0.6) is 11.6 Å². The predicted octanol–water partition coefficient (Wildman–Crippen LogP) is 1.40. The standard InChI is InChI=1S/C11H7FIN3O3/c12-5-2-1-3-6(7(5)9(14)17)19-11-8(13)10(18)15-4-16-11/h1-4H,(H2,14,17)(H,15,16,18). The summed E-state index contributed by atoms with van der Waals surface area (Å²) < 4.78 is 19.0. The van der Waals surface area contributed by atoms with Gasteiger partial charge in [0.2, 0.25) is 5.88 Å². The molecule has 19 heavy (non-hydrogen) atoms. The van der Waals surface area contributed by atoms with Crippen LogP contribution >= 0.6 is 22.6 Å². The fourth-order valence-corrected chi connectivity index (χ4v) is 1.78. The van der Waals surface area contributed by atoms with E-state index >= 15 is 0 Å². The van der Waals surface area contributed by atoms with Crippen molar-refractivity contribution < 1.29 is 13.9 Å². The number of halogens is 2. The Balaban J connectivity index is 2.50. The molecule has 0 bridgehead atoms. The minimum absolute atomic E-state index is 0.0301. The number of rotatable bonds is 3. The summed E-state index contributed by atoms with van der Waals surface area (Å²) in [6.07, 6.45) is 1.14. The summed E-state index contributed by atoms with van der Waals surface area (Å²) in [7, 11) is 0. The van der Waals surface area contributed by atoms with Crippen LogP contribution in [-0.4, -0.2) is 15.9 Å². The highest BCUT2D eigenvalue weighted by atomic mass is 127. The number of hydrogen-bond donors (Lipinski definition) is 2. The van der Waals surface area contributed by atoms with Gasteiger partial charge in [-0.25, -0.2) is 9.37 Å². The van der Waals surface area contributed by atoms with Crippen LogP contribution in [0.15, 0.2) is 29.3 Å². The second-order valence-corrected chi connectivity index (χ2v) is 4.51. The Bertz CT molecular complexity index is 702. The minimum atomic E-state index is -0.965. The first kappa shape index (κ1) is 13.5. The van der Waals surface area contributed by atoms with Gasteiger partial charge in [-0.2, -0.15) is 0 Å². The smallest absolute Gasteiger partial charge is 0.268 e. The van der Waals surface area contributed by atoms with Gasteiger partial charge in [0.25, 0.3) is 11.5 Å². The van der Waals surface area contributed by atoms with Gasteiger partial charge < -0.3 is 15.5 Å². The zero-order chi connectivity index (χ0) is 14.0. The van der Waals surface area contributed by atoms with E-state index in [2.05, 4.69) is 9.97 Å². The van der Waals surface area contributed by atoms with Gasteiger partial charge in [0.15, 0.2) is 0 Å². The van der Waals surface area contributed by atoms with E-state index in [1.54, 1.807) is 22.6 Å². The Morgan fingerprint density at radius 2 is 2.21 bits per heavy atom. The number of benzene rings is 1. The third-order valence-electron chi connectivity index (χ3n) is 2.19. The maximum Gasteiger partial charge on any atom is 0.268 e. The van der Waals surface area contributed by atoms with Crippen molar-refractivity contribution in [3.8, 4) is 11.6 Å². The van der Waals surface area contributed by atoms with E-state index in [4.69, 9.17) is 10.5 Å². The number of aromatic amines is 1. The summed E-state index contributed by atoms with van der Waals surface area (Å²) in [5.74, 6) is -1.89. The van der Waals surface area contributed by atoms with E-state index < -0.39 is 17.3 Å². The molecule has 0 aliphatic rings. The molecule has 6 nitrogen and oxygen atoms in total. The summed E-state index contributed by atoms with van der Waals surface area (Å²) >= 11 is 1.73. The lowest BCUT2D eigenvalue weighted by molar-refractivity contribution is 0.0994. The van der Waals surface area contributed by atoms with Crippen molar-refractivity contribution in [1.82, 2.24) is 9.97 Å². The minimum Gasteiger partial charge on any atom is -0.437 e. The highest BCUT2D eigenvalue weighted by Gasteiger charge is 2.17. The first-order chi connectivity index (χ1) is 9.00. The molecule has 0 aliphatic carbocycles. The number of ether oxygens (including phenoxy) is 1. The molecule has 3 N–H and O–H groups in total. The topological polar surface area (TPSA) is 98.1 Å². The molecule has 2 rings (SSSR count). The molecule has 0 saturated heterocycles. The molecule has 1 aromatic heterocycles. The SMILES string of the molecule is NC(=O)c1c(F)cccc1Oc1nc[nH]c(=O)c1I. The molecule has 0 spiro atoms. The number of hydrogen-bond acceptors (Lipinski definition) is 4. The molecule has 8 heteroatoms. The van der Waals surface area contributed by atoms with Crippen molar-refractivity contribution >= 4 is 28.5 Å². The quantitative estimate of drug-likeness (QED) is 0.793. The third kappa shape index (κ3) is 2.72. The molecule has 0 aliphatic heterocycles. The molecule has 0 radical (unpaired) electrons. The van der Waals surface area contributed by atoms with Gasteiger partial charge in [0.05, 0.1) is 6.33 Å². The van der Waals surface area contributed by atoms with E-state index in [0.717, 1.165) is 12.4 Å². The van der Waals surface area contributed by atoms with Crippen molar-refractivity contribution in [3.05, 3.63) is 49.8 Å². The molecule has 0 atom stereocenters. The highest BCUT2D eigenvalue weighted by Crippen LogP contribution is 2.27. The van der Waals surface area contributed by atoms with Crippen molar-refractivity contribution in [2.45, 2.75) is 0 Å². The molecule has 1 amide bonds. The van der Waals surface area contributed by atoms with Crippen molar-refractivity contribution in [3.63, 3.8) is 0 Å². The van der Waals surface area contributed by atoms with Gasteiger partial charge in [-0.1, -0.05) is 6.07 Å². The number of aromatic nitrogens is 2. The van der Waals surface area contributed by atoms with Crippen molar-refractivity contribution in [2.24, 2.45) is 5.73 Å². The van der Waals surface area contributed by atoms with Gasteiger partial charge in [0.1, 0.15) is 20.7 Å². The number of amides is 1. The fourth-order valence-electron chi connectivity index (χ4n) is 1.37. The zero-order valence-corrected chi connectivity index (χ0v) is 11.5. The summed E-state index contributed by atoms with van der Waals surface area (Å²) in [6.45, 7) is 0. The Morgan fingerprint density at radius 3 is 2.89 bits per heavy atom. The Labute approximate surface area is 119 Å². The van der Waals surface area contributed by atoms with Crippen molar-refractivity contribution in [2.75, 3.05) is 0 Å². The van der Waals surface area contributed by atoms with Gasteiger partial charge in [-0.15, -0.1) is 0 Å². The Kier molecular flexibility index (Phi) is 3.79. The van der Waals surface area contributed by atoms with Crippen LogP contribution in [0.25, 0.3) is 0 Å². The number of H-pyrrole nitrogens is 1. The Morgan fingerprint density at radius 1 is 1.47 bits per heavy atom. The lowest BCUT2D eigenvalue weighted by atomic mass is 10.2. The van der Waals surface area contributed by atoms with Crippen LogP contribution in [0, 0.1) is 9.39 Å². The molecule has 0 unspecified atom stereocenters. The molecular weight excluding hydrogens is 368 g/mol. The van der Waals surface area contributed by atoms with Crippen LogP contribution in [0.2, 0.25) is 0 Å². The van der Waals surface area contributed by atoms with Crippen LogP contribution in [0.4, 0.5) is 4.39 Å². The molecule has 1 heterocycles. The molecule has 98 valence electrons. The normalized spacial score (nSPS) is 10.2. The zero-order valence-electron chi connectivity index (χ0n) is 9.31. The van der Waals surface area contributed by atoms with E-state index in [0.29, 0.717) is 0 Å². The van der Waals surface area contributed by atoms with Gasteiger partial charge >= 0.3 is 0 Å². The maximum absolute atomic E-state index is 13.5. The second kappa shape index (κ2) is 5.34. The first-order valence-corrected chi connectivity index (χ1v) is 6.08. The molecule has 2 aromatic rings. The summed E-state index contributed by atoms with van der Waals surface area (Å²) in [5, 5.41) is 0. The number of nitrogens with zero attached hydrogens (tertiary/aromatic N) is 1. The first-order valence-electron chi connectivity index (χ1n) is 5.00. The van der Waals surface area contributed by atoms with Crippen LogP contribution in [0.3, 0.4) is 0 Å². The largest absolute Gasteiger partial charge is 0.437 e. The average molecular weight is 375 g/mol. The van der Waals surface area contributed by atoms with Crippen molar-refractivity contribution in [1.29, 1.82) is 0 Å². The Hall–Kier alpha value is -1.97. The van der Waals surface area contributed by atoms with Gasteiger partial charge in [-0.3, -0.25) is 9.59 Å². The van der Waals surface area contributed by atoms with E-state index in [1.165, 1.54) is 12.1 Å².